The molecule has 6 nitrogen and oxygen atoms in total. The molecule has 3 aromatic rings. The number of aromatic nitrogens is 2. The zero-order chi connectivity index (χ0) is 19.9. The Morgan fingerprint density at radius 3 is 2.59 bits per heavy atom. The Kier molecular flexibility index (Phi) is 6.32. The fourth-order valence-electron chi connectivity index (χ4n) is 3.78. The van der Waals surface area contributed by atoms with Crippen molar-refractivity contribution >= 4 is 5.91 Å². The van der Waals surface area contributed by atoms with Crippen molar-refractivity contribution in [3.63, 3.8) is 0 Å². The molecule has 1 fully saturated rings. The lowest BCUT2D eigenvalue weighted by Gasteiger charge is -2.31. The maximum Gasteiger partial charge on any atom is 0.273 e. The van der Waals surface area contributed by atoms with E-state index in [4.69, 9.17) is 4.52 Å². The first-order valence-electron chi connectivity index (χ1n) is 10.2. The smallest absolute Gasteiger partial charge is 0.273 e. The van der Waals surface area contributed by atoms with Gasteiger partial charge < -0.3 is 9.84 Å². The topological polar surface area (TPSA) is 71.3 Å². The van der Waals surface area contributed by atoms with Crippen LogP contribution >= 0.6 is 0 Å². The van der Waals surface area contributed by atoms with Crippen molar-refractivity contribution in [2.75, 3.05) is 13.1 Å². The fourth-order valence-corrected chi connectivity index (χ4v) is 3.78. The summed E-state index contributed by atoms with van der Waals surface area (Å²) in [7, 11) is 0. The lowest BCUT2D eigenvalue weighted by Crippen LogP contribution is -2.33. The second-order valence-corrected chi connectivity index (χ2v) is 7.63. The highest BCUT2D eigenvalue weighted by atomic mass is 16.5. The molecule has 0 saturated carbocycles. The van der Waals surface area contributed by atoms with Crippen LogP contribution in [-0.4, -0.2) is 34.0 Å². The van der Waals surface area contributed by atoms with E-state index in [2.05, 4.69) is 50.7 Å². The number of amides is 1. The van der Waals surface area contributed by atoms with Crippen LogP contribution in [0.1, 0.15) is 40.2 Å². The van der Waals surface area contributed by atoms with E-state index in [1.807, 2.05) is 12.1 Å². The van der Waals surface area contributed by atoms with Crippen molar-refractivity contribution in [1.82, 2.24) is 20.4 Å². The van der Waals surface area contributed by atoms with Crippen LogP contribution in [0.2, 0.25) is 0 Å². The van der Waals surface area contributed by atoms with Crippen molar-refractivity contribution in [3.8, 4) is 0 Å². The fraction of sp³-hybridized carbons (Fsp3) is 0.348. The van der Waals surface area contributed by atoms with Gasteiger partial charge in [-0.2, -0.15) is 0 Å². The van der Waals surface area contributed by atoms with Crippen LogP contribution in [0.3, 0.4) is 0 Å². The molecule has 0 spiro atoms. The molecule has 3 heterocycles. The molecule has 6 heteroatoms. The zero-order valence-corrected chi connectivity index (χ0v) is 16.5. The van der Waals surface area contributed by atoms with Gasteiger partial charge in [-0.3, -0.25) is 14.7 Å². The number of hydrogen-bond acceptors (Lipinski definition) is 5. The van der Waals surface area contributed by atoms with Crippen LogP contribution in [0.4, 0.5) is 0 Å². The minimum absolute atomic E-state index is 0.224. The lowest BCUT2D eigenvalue weighted by molar-refractivity contribution is 0.0941. The van der Waals surface area contributed by atoms with Crippen molar-refractivity contribution in [2.45, 2.75) is 32.4 Å². The molecule has 0 bridgehead atoms. The maximum absolute atomic E-state index is 12.3. The standard InChI is InChI=1S/C23H26N4O2/c28-23(25-16-20-6-10-24-11-7-20)22-15-21(29-26-22)17-27-12-8-19(9-13-27)14-18-4-2-1-3-5-18/h1-7,10-11,15,19H,8-9,12-14,16-17H2,(H,25,28). The molecule has 1 amide bonds. The normalized spacial score (nSPS) is 15.3. The van der Waals surface area contributed by atoms with E-state index in [9.17, 15) is 4.79 Å². The average Bonchev–Trinajstić information content (AvgIpc) is 3.23. The van der Waals surface area contributed by atoms with Crippen LogP contribution in [0.25, 0.3) is 0 Å². The summed E-state index contributed by atoms with van der Waals surface area (Å²) < 4.78 is 5.40. The van der Waals surface area contributed by atoms with Gasteiger partial charge >= 0.3 is 0 Å². The maximum atomic E-state index is 12.3. The molecule has 1 saturated heterocycles. The van der Waals surface area contributed by atoms with Gasteiger partial charge in [0.15, 0.2) is 11.5 Å². The molecule has 1 aromatic carbocycles. The molecule has 0 unspecified atom stereocenters. The molecule has 1 aliphatic heterocycles. The molecule has 0 atom stereocenters. The van der Waals surface area contributed by atoms with Gasteiger partial charge in [0.25, 0.3) is 5.91 Å². The molecular formula is C23H26N4O2. The number of benzene rings is 1. The lowest BCUT2D eigenvalue weighted by atomic mass is 9.90. The van der Waals surface area contributed by atoms with Crippen LogP contribution in [0.15, 0.2) is 65.4 Å². The van der Waals surface area contributed by atoms with Crippen LogP contribution in [0.5, 0.6) is 0 Å². The number of hydrogen-bond donors (Lipinski definition) is 1. The Hall–Kier alpha value is -2.99. The highest BCUT2D eigenvalue weighted by Gasteiger charge is 2.21. The number of nitrogens with zero attached hydrogens (tertiary/aromatic N) is 3. The molecule has 150 valence electrons. The molecule has 2 aromatic heterocycles. The Balaban J connectivity index is 1.23. The molecule has 0 radical (unpaired) electrons. The first kappa shape index (κ1) is 19.3. The van der Waals surface area contributed by atoms with E-state index >= 15 is 0 Å². The van der Waals surface area contributed by atoms with Gasteiger partial charge in [-0.25, -0.2) is 0 Å². The van der Waals surface area contributed by atoms with Gasteiger partial charge in [0.05, 0.1) is 6.54 Å². The molecule has 4 rings (SSSR count). The predicted octanol–water partition coefficient (Wildman–Crippen LogP) is 3.45. The summed E-state index contributed by atoms with van der Waals surface area (Å²) >= 11 is 0. The molecule has 1 aliphatic rings. The Labute approximate surface area is 170 Å². The van der Waals surface area contributed by atoms with Gasteiger partial charge in [-0.1, -0.05) is 35.5 Å². The van der Waals surface area contributed by atoms with E-state index < -0.39 is 0 Å². The number of pyridine rings is 1. The van der Waals surface area contributed by atoms with E-state index in [-0.39, 0.29) is 5.91 Å². The number of likely N-dealkylation sites (tertiary alicyclic amines) is 1. The molecule has 1 N–H and O–H groups in total. The summed E-state index contributed by atoms with van der Waals surface area (Å²) in [5.41, 5.74) is 2.74. The highest BCUT2D eigenvalue weighted by molar-refractivity contribution is 5.92. The summed E-state index contributed by atoms with van der Waals surface area (Å²) in [6, 6.07) is 16.2. The van der Waals surface area contributed by atoms with Gasteiger partial charge in [0.2, 0.25) is 0 Å². The summed E-state index contributed by atoms with van der Waals surface area (Å²) in [6.45, 7) is 3.23. The van der Waals surface area contributed by atoms with Crippen LogP contribution in [-0.2, 0) is 19.5 Å². The van der Waals surface area contributed by atoms with Crippen LogP contribution < -0.4 is 5.32 Å². The van der Waals surface area contributed by atoms with Crippen molar-refractivity contribution in [2.24, 2.45) is 5.92 Å². The van der Waals surface area contributed by atoms with E-state index in [1.165, 1.54) is 18.4 Å². The van der Waals surface area contributed by atoms with Gasteiger partial charge in [0.1, 0.15) is 0 Å². The largest absolute Gasteiger partial charge is 0.359 e. The zero-order valence-electron chi connectivity index (χ0n) is 16.5. The van der Waals surface area contributed by atoms with E-state index in [0.29, 0.717) is 18.8 Å². The molecule has 0 aliphatic carbocycles. The quantitative estimate of drug-likeness (QED) is 0.669. The Bertz CT molecular complexity index is 903. The molecule has 29 heavy (non-hydrogen) atoms. The van der Waals surface area contributed by atoms with Gasteiger partial charge in [-0.15, -0.1) is 0 Å². The number of rotatable bonds is 7. The van der Waals surface area contributed by atoms with Crippen molar-refractivity contribution in [1.29, 1.82) is 0 Å². The average molecular weight is 390 g/mol. The van der Waals surface area contributed by atoms with Gasteiger partial charge in [-0.05, 0) is 61.5 Å². The van der Waals surface area contributed by atoms with E-state index in [0.717, 1.165) is 36.8 Å². The van der Waals surface area contributed by atoms with Gasteiger partial charge in [0, 0.05) is 25.0 Å². The second kappa shape index (κ2) is 9.47. The Morgan fingerprint density at radius 1 is 1.07 bits per heavy atom. The third-order valence-corrected chi connectivity index (χ3v) is 5.45. The highest BCUT2D eigenvalue weighted by Crippen LogP contribution is 2.23. The second-order valence-electron chi connectivity index (χ2n) is 7.63. The third-order valence-electron chi connectivity index (χ3n) is 5.45. The summed E-state index contributed by atoms with van der Waals surface area (Å²) in [5, 5.41) is 6.80. The summed E-state index contributed by atoms with van der Waals surface area (Å²) in [5.74, 6) is 1.25. The van der Waals surface area contributed by atoms with Crippen LogP contribution in [0, 0.1) is 5.92 Å². The van der Waals surface area contributed by atoms with Crippen molar-refractivity contribution < 1.29 is 9.32 Å². The minimum Gasteiger partial charge on any atom is -0.359 e. The summed E-state index contributed by atoms with van der Waals surface area (Å²) in [6.07, 6.45) is 6.93. The predicted molar refractivity (Wildman–Crippen MR) is 110 cm³/mol. The monoisotopic (exact) mass is 390 g/mol. The Morgan fingerprint density at radius 2 is 1.83 bits per heavy atom. The first-order valence-corrected chi connectivity index (χ1v) is 10.2. The van der Waals surface area contributed by atoms with E-state index in [1.54, 1.807) is 18.5 Å². The number of nitrogens with one attached hydrogen (secondary N) is 1. The first-order chi connectivity index (χ1) is 14.3. The summed E-state index contributed by atoms with van der Waals surface area (Å²) in [4.78, 5) is 18.6. The number of carbonyl (C=O) groups is 1. The van der Waals surface area contributed by atoms with Crippen molar-refractivity contribution in [3.05, 3.63) is 83.5 Å². The number of carbonyl (C=O) groups excluding carboxylic acids is 1. The molecular weight excluding hydrogens is 364 g/mol. The minimum atomic E-state index is -0.224. The number of piperidine rings is 1. The SMILES string of the molecule is O=C(NCc1ccncc1)c1cc(CN2CCC(Cc3ccccc3)CC2)on1. The third kappa shape index (κ3) is 5.51.